The van der Waals surface area contributed by atoms with Crippen LogP contribution in [0.2, 0.25) is 0 Å². The number of ether oxygens (including phenoxy) is 1. The number of rotatable bonds is 5. The van der Waals surface area contributed by atoms with Crippen LogP contribution in [0, 0.1) is 0 Å². The second-order valence-electron chi connectivity index (χ2n) is 3.21. The maximum atomic E-state index is 12.7. The zero-order valence-corrected chi connectivity index (χ0v) is 10.0. The van der Waals surface area contributed by atoms with Gasteiger partial charge in [-0.25, -0.2) is 13.5 Å². The Bertz CT molecular complexity index is 355. The van der Waals surface area contributed by atoms with Crippen molar-refractivity contribution in [3.8, 4) is 0 Å². The average molecular weight is 296 g/mol. The predicted molar refractivity (Wildman–Crippen MR) is 49.5 cm³/mol. The maximum Gasteiger partial charge on any atom is 0.481 e. The molecule has 0 spiro atoms. The SMILES string of the molecule is O=P(O)(O)OP(=O)(O)OC[C@H]1OC[C@@H](F)[C@@H]1O. The first kappa shape index (κ1) is 15.2. The summed E-state index contributed by atoms with van der Waals surface area (Å²) in [5, 5.41) is 9.14. The molecule has 0 aromatic rings. The van der Waals surface area contributed by atoms with Gasteiger partial charge in [0, 0.05) is 0 Å². The van der Waals surface area contributed by atoms with E-state index in [0.717, 1.165) is 0 Å². The van der Waals surface area contributed by atoms with Gasteiger partial charge >= 0.3 is 15.6 Å². The minimum atomic E-state index is -5.19. The number of aliphatic hydroxyl groups is 1. The lowest BCUT2D eigenvalue weighted by molar-refractivity contribution is 0.0000199. The monoisotopic (exact) mass is 296 g/mol. The Morgan fingerprint density at radius 3 is 2.35 bits per heavy atom. The first-order valence-corrected chi connectivity index (χ1v) is 7.31. The third-order valence-electron chi connectivity index (χ3n) is 1.83. The van der Waals surface area contributed by atoms with Crippen molar-refractivity contribution in [3.05, 3.63) is 0 Å². The van der Waals surface area contributed by atoms with E-state index in [-0.39, 0.29) is 0 Å². The first-order valence-electron chi connectivity index (χ1n) is 4.29. The molecule has 0 saturated carbocycles. The normalized spacial score (nSPS) is 33.6. The summed E-state index contributed by atoms with van der Waals surface area (Å²) in [5.74, 6) is 0. The van der Waals surface area contributed by atoms with Crippen molar-refractivity contribution < 1.29 is 46.9 Å². The van der Waals surface area contributed by atoms with E-state index in [2.05, 4.69) is 13.6 Å². The summed E-state index contributed by atoms with van der Waals surface area (Å²) in [4.78, 5) is 25.4. The third kappa shape index (κ3) is 5.09. The number of hydrogen-bond donors (Lipinski definition) is 4. The number of aliphatic hydroxyl groups excluding tert-OH is 1. The maximum absolute atomic E-state index is 12.7. The summed E-state index contributed by atoms with van der Waals surface area (Å²) in [5.41, 5.74) is 0. The van der Waals surface area contributed by atoms with Crippen molar-refractivity contribution in [1.82, 2.24) is 0 Å². The molecule has 0 bridgehead atoms. The zero-order chi connectivity index (χ0) is 13.3. The average Bonchev–Trinajstić information content (AvgIpc) is 2.41. The van der Waals surface area contributed by atoms with Crippen LogP contribution in [-0.2, 0) is 22.7 Å². The van der Waals surface area contributed by atoms with E-state index in [9.17, 15) is 13.5 Å². The standard InChI is InChI=1S/C5H11FO9P2/c6-3-1-13-4(5(3)7)2-14-17(11,12)15-16(8,9)10/h3-5,7H,1-2H2,(H,11,12)(H2,8,9,10)/t3-,4-,5+/m1/s1. The summed E-state index contributed by atoms with van der Waals surface area (Å²) in [6.45, 7) is -1.14. The fourth-order valence-corrected chi connectivity index (χ4v) is 2.72. The highest BCUT2D eigenvalue weighted by molar-refractivity contribution is 7.60. The molecule has 1 rings (SSSR count). The summed E-state index contributed by atoms with van der Waals surface area (Å²) in [6, 6.07) is 0. The van der Waals surface area contributed by atoms with Crippen LogP contribution in [0.5, 0.6) is 0 Å². The molecule has 0 amide bonds. The van der Waals surface area contributed by atoms with Crippen LogP contribution in [-0.4, -0.2) is 51.4 Å². The van der Waals surface area contributed by atoms with Gasteiger partial charge in [0.2, 0.25) is 0 Å². The van der Waals surface area contributed by atoms with Crippen molar-refractivity contribution in [1.29, 1.82) is 0 Å². The van der Waals surface area contributed by atoms with E-state index in [1.165, 1.54) is 0 Å². The van der Waals surface area contributed by atoms with Gasteiger partial charge in [-0.3, -0.25) is 4.52 Å². The van der Waals surface area contributed by atoms with Crippen molar-refractivity contribution >= 4 is 15.6 Å². The van der Waals surface area contributed by atoms with E-state index < -0.39 is 47.2 Å². The van der Waals surface area contributed by atoms with Gasteiger partial charge in [0.25, 0.3) is 0 Å². The Hall–Kier alpha value is 0.110. The Kier molecular flexibility index (Phi) is 4.81. The predicted octanol–water partition coefficient (Wildman–Crippen LogP) is -0.690. The van der Waals surface area contributed by atoms with Crippen molar-refractivity contribution in [2.75, 3.05) is 13.2 Å². The molecule has 1 aliphatic heterocycles. The van der Waals surface area contributed by atoms with E-state index in [1.807, 2.05) is 0 Å². The lowest BCUT2D eigenvalue weighted by Gasteiger charge is -2.17. The minimum Gasteiger partial charge on any atom is -0.387 e. The first-order chi connectivity index (χ1) is 7.61. The quantitative estimate of drug-likeness (QED) is 0.484. The highest BCUT2D eigenvalue weighted by atomic mass is 31.3. The van der Waals surface area contributed by atoms with Gasteiger partial charge in [0.05, 0.1) is 13.2 Å². The summed E-state index contributed by atoms with van der Waals surface area (Å²) >= 11 is 0. The van der Waals surface area contributed by atoms with Crippen molar-refractivity contribution in [2.45, 2.75) is 18.4 Å². The largest absolute Gasteiger partial charge is 0.481 e. The topological polar surface area (TPSA) is 143 Å². The molecule has 1 fully saturated rings. The van der Waals surface area contributed by atoms with Gasteiger partial charge in [0.15, 0.2) is 6.17 Å². The van der Waals surface area contributed by atoms with Gasteiger partial charge in [-0.05, 0) is 0 Å². The van der Waals surface area contributed by atoms with E-state index in [1.54, 1.807) is 0 Å². The van der Waals surface area contributed by atoms with Crippen LogP contribution in [0.3, 0.4) is 0 Å². The van der Waals surface area contributed by atoms with E-state index in [4.69, 9.17) is 19.8 Å². The van der Waals surface area contributed by atoms with Crippen LogP contribution >= 0.6 is 15.6 Å². The Balaban J connectivity index is 2.45. The molecule has 4 N–H and O–H groups in total. The number of hydrogen-bond acceptors (Lipinski definition) is 6. The van der Waals surface area contributed by atoms with Crippen molar-refractivity contribution in [3.63, 3.8) is 0 Å². The molecule has 9 nitrogen and oxygen atoms in total. The van der Waals surface area contributed by atoms with Gasteiger partial charge in [-0.1, -0.05) is 0 Å². The van der Waals surface area contributed by atoms with Gasteiger partial charge < -0.3 is 24.5 Å². The van der Waals surface area contributed by atoms with Crippen LogP contribution in [0.4, 0.5) is 4.39 Å². The van der Waals surface area contributed by atoms with Crippen molar-refractivity contribution in [2.24, 2.45) is 0 Å². The third-order valence-corrected chi connectivity index (χ3v) is 3.98. The molecule has 17 heavy (non-hydrogen) atoms. The highest BCUT2D eigenvalue weighted by Gasteiger charge is 2.39. The molecule has 0 radical (unpaired) electrons. The molecule has 4 atom stereocenters. The molecule has 12 heteroatoms. The summed E-state index contributed by atoms with van der Waals surface area (Å²) in [7, 11) is -10.2. The lowest BCUT2D eigenvalue weighted by Crippen LogP contribution is -2.30. The molecule has 0 aromatic heterocycles. The van der Waals surface area contributed by atoms with Crippen LogP contribution < -0.4 is 0 Å². The molecule has 1 saturated heterocycles. The molecular weight excluding hydrogens is 285 g/mol. The molecule has 1 unspecified atom stereocenters. The van der Waals surface area contributed by atoms with Gasteiger partial charge in [-0.2, -0.15) is 4.31 Å². The van der Waals surface area contributed by atoms with Crippen LogP contribution in [0.1, 0.15) is 0 Å². The molecular formula is C5H11FO9P2. The second-order valence-corrected chi connectivity index (χ2v) is 6.04. The zero-order valence-electron chi connectivity index (χ0n) is 8.25. The fraction of sp³-hybridized carbons (Fsp3) is 1.00. The Morgan fingerprint density at radius 2 is 1.94 bits per heavy atom. The summed E-state index contributed by atoms with van der Waals surface area (Å²) in [6.07, 6.45) is -4.39. The second kappa shape index (κ2) is 5.40. The van der Waals surface area contributed by atoms with Crippen LogP contribution in [0.25, 0.3) is 0 Å². The number of alkyl halides is 1. The van der Waals surface area contributed by atoms with Gasteiger partial charge in [0.1, 0.15) is 12.2 Å². The smallest absolute Gasteiger partial charge is 0.387 e. The molecule has 0 aliphatic carbocycles. The highest BCUT2D eigenvalue weighted by Crippen LogP contribution is 2.57. The number of halogens is 1. The van der Waals surface area contributed by atoms with E-state index in [0.29, 0.717) is 0 Å². The molecule has 102 valence electrons. The fourth-order valence-electron chi connectivity index (χ4n) is 1.12. The Labute approximate surface area is 95.0 Å². The summed E-state index contributed by atoms with van der Waals surface area (Å²) < 4.78 is 46.3. The Morgan fingerprint density at radius 1 is 1.35 bits per heavy atom. The number of phosphoric acid groups is 2. The number of phosphoric ester groups is 1. The molecule has 0 aromatic carbocycles. The molecule has 1 aliphatic rings. The molecule has 1 heterocycles. The van der Waals surface area contributed by atoms with E-state index >= 15 is 0 Å². The van der Waals surface area contributed by atoms with Crippen LogP contribution in [0.15, 0.2) is 0 Å². The lowest BCUT2D eigenvalue weighted by atomic mass is 10.2. The van der Waals surface area contributed by atoms with Gasteiger partial charge in [-0.15, -0.1) is 0 Å². The minimum absolute atomic E-state index is 0.399.